The van der Waals surface area contributed by atoms with Gasteiger partial charge in [0.05, 0.1) is 5.41 Å². The number of aliphatic carboxylic acids is 1. The third-order valence-corrected chi connectivity index (χ3v) is 4.61. The Hall–Kier alpha value is -0.780. The van der Waals surface area contributed by atoms with Crippen LogP contribution in [-0.4, -0.2) is 30.5 Å². The molecule has 0 spiro atoms. The number of carboxylic acid groups (broad SMARTS) is 1. The van der Waals surface area contributed by atoms with Crippen LogP contribution in [0.3, 0.4) is 0 Å². The van der Waals surface area contributed by atoms with Crippen molar-refractivity contribution in [1.29, 1.82) is 0 Å². The number of halogens is 3. The van der Waals surface area contributed by atoms with Crippen LogP contribution >= 0.6 is 0 Å². The molecule has 0 aromatic heterocycles. The van der Waals surface area contributed by atoms with Crippen molar-refractivity contribution in [3.05, 3.63) is 0 Å². The fourth-order valence-corrected chi connectivity index (χ4v) is 3.06. The van der Waals surface area contributed by atoms with E-state index in [9.17, 15) is 23.1 Å². The third kappa shape index (κ3) is 5.49. The van der Waals surface area contributed by atoms with E-state index in [1.54, 1.807) is 0 Å². The van der Waals surface area contributed by atoms with Crippen LogP contribution < -0.4 is 0 Å². The monoisotopic (exact) mass is 310 g/mol. The number of hydrogen-bond donors (Lipinski definition) is 1. The summed E-state index contributed by atoms with van der Waals surface area (Å²) in [5, 5.41) is 9.46. The van der Waals surface area contributed by atoms with Gasteiger partial charge in [0, 0.05) is 6.61 Å². The Labute approximate surface area is 123 Å². The van der Waals surface area contributed by atoms with Crippen molar-refractivity contribution in [3.8, 4) is 0 Å². The standard InChI is InChI=1S/C15H25F3O3/c1-13(2,3)11-4-6-14(7-5-11,12(19)20)8-9-21-10-15(16,17)18/h11H,4-10H2,1-3H3,(H,19,20). The van der Waals surface area contributed by atoms with Gasteiger partial charge in [0.15, 0.2) is 0 Å². The zero-order valence-corrected chi connectivity index (χ0v) is 12.9. The lowest BCUT2D eigenvalue weighted by Crippen LogP contribution is -2.39. The smallest absolute Gasteiger partial charge is 0.411 e. The van der Waals surface area contributed by atoms with Gasteiger partial charge in [-0.15, -0.1) is 0 Å². The summed E-state index contributed by atoms with van der Waals surface area (Å²) >= 11 is 0. The first-order valence-electron chi connectivity index (χ1n) is 7.34. The molecule has 1 fully saturated rings. The Bertz CT molecular complexity index is 350. The molecule has 1 N–H and O–H groups in total. The molecule has 0 bridgehead atoms. The molecule has 1 aliphatic rings. The van der Waals surface area contributed by atoms with Crippen LogP contribution in [0.4, 0.5) is 13.2 Å². The molecule has 0 atom stereocenters. The highest BCUT2D eigenvalue weighted by atomic mass is 19.4. The molecule has 0 amide bonds. The second kappa shape index (κ2) is 6.55. The van der Waals surface area contributed by atoms with E-state index in [-0.39, 0.29) is 18.4 Å². The minimum absolute atomic E-state index is 0.136. The first-order chi connectivity index (χ1) is 9.46. The van der Waals surface area contributed by atoms with E-state index < -0.39 is 24.2 Å². The molecule has 0 unspecified atom stereocenters. The Kier molecular flexibility index (Phi) is 5.69. The molecule has 1 rings (SSSR count). The maximum Gasteiger partial charge on any atom is 0.411 e. The lowest BCUT2D eigenvalue weighted by Gasteiger charge is -2.41. The summed E-state index contributed by atoms with van der Waals surface area (Å²) in [6, 6.07) is 0. The molecule has 3 nitrogen and oxygen atoms in total. The largest absolute Gasteiger partial charge is 0.481 e. The van der Waals surface area contributed by atoms with E-state index in [0.29, 0.717) is 18.8 Å². The SMILES string of the molecule is CC(C)(C)C1CCC(CCOCC(F)(F)F)(C(=O)O)CC1. The van der Waals surface area contributed by atoms with Crippen molar-refractivity contribution in [2.45, 2.75) is 59.1 Å². The van der Waals surface area contributed by atoms with Crippen molar-refractivity contribution in [3.63, 3.8) is 0 Å². The molecular weight excluding hydrogens is 285 g/mol. The average molecular weight is 310 g/mol. The van der Waals surface area contributed by atoms with E-state index in [1.165, 1.54) is 0 Å². The molecular formula is C15H25F3O3. The Morgan fingerprint density at radius 3 is 2.14 bits per heavy atom. The van der Waals surface area contributed by atoms with Crippen LogP contribution in [0.25, 0.3) is 0 Å². The second-order valence-corrected chi connectivity index (χ2v) is 7.14. The number of carbonyl (C=O) groups is 1. The lowest BCUT2D eigenvalue weighted by molar-refractivity contribution is -0.177. The maximum absolute atomic E-state index is 12.0. The molecule has 0 radical (unpaired) electrons. The van der Waals surface area contributed by atoms with Crippen LogP contribution in [0.15, 0.2) is 0 Å². The van der Waals surface area contributed by atoms with Crippen LogP contribution in [0.2, 0.25) is 0 Å². The molecule has 6 heteroatoms. The average Bonchev–Trinajstić information content (AvgIpc) is 2.33. The number of rotatable bonds is 5. The Morgan fingerprint density at radius 2 is 1.76 bits per heavy atom. The zero-order valence-electron chi connectivity index (χ0n) is 12.9. The summed E-state index contributed by atoms with van der Waals surface area (Å²) in [6.07, 6.45) is -1.58. The molecule has 0 aliphatic heterocycles. The van der Waals surface area contributed by atoms with Gasteiger partial charge in [0.2, 0.25) is 0 Å². The van der Waals surface area contributed by atoms with Gasteiger partial charge in [-0.2, -0.15) is 13.2 Å². The van der Waals surface area contributed by atoms with Crippen molar-refractivity contribution < 1.29 is 27.8 Å². The molecule has 1 aliphatic carbocycles. The molecule has 0 aromatic carbocycles. The van der Waals surface area contributed by atoms with Crippen LogP contribution in [0.1, 0.15) is 52.9 Å². The number of alkyl halides is 3. The fourth-order valence-electron chi connectivity index (χ4n) is 3.06. The van der Waals surface area contributed by atoms with Crippen LogP contribution in [0, 0.1) is 16.7 Å². The molecule has 124 valence electrons. The first-order valence-corrected chi connectivity index (χ1v) is 7.34. The van der Waals surface area contributed by atoms with Gasteiger partial charge in [0.1, 0.15) is 6.61 Å². The number of carboxylic acids is 1. The van der Waals surface area contributed by atoms with Crippen molar-refractivity contribution in [2.24, 2.45) is 16.7 Å². The van der Waals surface area contributed by atoms with E-state index in [0.717, 1.165) is 12.8 Å². The summed E-state index contributed by atoms with van der Waals surface area (Å²) < 4.78 is 40.6. The van der Waals surface area contributed by atoms with Crippen LogP contribution in [0.5, 0.6) is 0 Å². The molecule has 0 aromatic rings. The van der Waals surface area contributed by atoms with Gasteiger partial charge in [0.25, 0.3) is 0 Å². The second-order valence-electron chi connectivity index (χ2n) is 7.14. The van der Waals surface area contributed by atoms with Crippen molar-refractivity contribution in [2.75, 3.05) is 13.2 Å². The zero-order chi connectivity index (χ0) is 16.3. The topological polar surface area (TPSA) is 46.5 Å². The highest BCUT2D eigenvalue weighted by Gasteiger charge is 2.43. The van der Waals surface area contributed by atoms with Gasteiger partial charge in [-0.25, -0.2) is 0 Å². The van der Waals surface area contributed by atoms with Gasteiger partial charge < -0.3 is 9.84 Å². The predicted octanol–water partition coefficient (Wildman–Crippen LogP) is 4.26. The molecule has 1 saturated carbocycles. The van der Waals surface area contributed by atoms with E-state index in [1.807, 2.05) is 0 Å². The highest BCUT2D eigenvalue weighted by Crippen LogP contribution is 2.47. The quantitative estimate of drug-likeness (QED) is 0.772. The Morgan fingerprint density at radius 1 is 1.24 bits per heavy atom. The predicted molar refractivity (Wildman–Crippen MR) is 73.0 cm³/mol. The minimum Gasteiger partial charge on any atom is -0.481 e. The highest BCUT2D eigenvalue weighted by molar-refractivity contribution is 5.74. The normalized spacial score (nSPS) is 27.6. The third-order valence-electron chi connectivity index (χ3n) is 4.61. The number of hydrogen-bond acceptors (Lipinski definition) is 2. The van der Waals surface area contributed by atoms with E-state index >= 15 is 0 Å². The molecule has 21 heavy (non-hydrogen) atoms. The van der Waals surface area contributed by atoms with Gasteiger partial charge in [-0.1, -0.05) is 20.8 Å². The first kappa shape index (κ1) is 18.3. The van der Waals surface area contributed by atoms with Gasteiger partial charge in [-0.3, -0.25) is 4.79 Å². The fraction of sp³-hybridized carbons (Fsp3) is 0.933. The van der Waals surface area contributed by atoms with Crippen molar-refractivity contribution in [1.82, 2.24) is 0 Å². The van der Waals surface area contributed by atoms with Crippen molar-refractivity contribution >= 4 is 5.97 Å². The summed E-state index contributed by atoms with van der Waals surface area (Å²) in [5.74, 6) is -0.452. The van der Waals surface area contributed by atoms with E-state index in [4.69, 9.17) is 0 Å². The summed E-state index contributed by atoms with van der Waals surface area (Å²) in [4.78, 5) is 11.5. The summed E-state index contributed by atoms with van der Waals surface area (Å²) in [5.41, 5.74) is -0.787. The summed E-state index contributed by atoms with van der Waals surface area (Å²) in [7, 11) is 0. The molecule has 0 saturated heterocycles. The minimum atomic E-state index is -4.36. The number of ether oxygens (including phenoxy) is 1. The maximum atomic E-state index is 12.0. The Balaban J connectivity index is 2.53. The van der Waals surface area contributed by atoms with Gasteiger partial charge >= 0.3 is 12.1 Å². The lowest BCUT2D eigenvalue weighted by atomic mass is 9.63. The molecule has 0 heterocycles. The van der Waals surface area contributed by atoms with Gasteiger partial charge in [-0.05, 0) is 43.4 Å². The van der Waals surface area contributed by atoms with Crippen LogP contribution in [-0.2, 0) is 9.53 Å². The summed E-state index contributed by atoms with van der Waals surface area (Å²) in [6.45, 7) is 4.94. The van der Waals surface area contributed by atoms with E-state index in [2.05, 4.69) is 25.5 Å².